The number of ether oxygens (including phenoxy) is 10. The van der Waals surface area contributed by atoms with E-state index >= 15 is 0 Å². The Kier molecular flexibility index (Phi) is 19.0. The maximum Gasteiger partial charge on any atom is 0.261 e. The molecule has 5 aliphatic heterocycles. The van der Waals surface area contributed by atoms with E-state index in [-0.39, 0.29) is 59.8 Å². The summed E-state index contributed by atoms with van der Waals surface area (Å²) in [4.78, 5) is 14.3. The van der Waals surface area contributed by atoms with Crippen molar-refractivity contribution in [3.05, 3.63) is 156 Å². The number of ketones is 1. The number of epoxide rings is 2. The van der Waals surface area contributed by atoms with Crippen LogP contribution in [0.3, 0.4) is 0 Å². The number of hydrogen-bond donors (Lipinski definition) is 0. The summed E-state index contributed by atoms with van der Waals surface area (Å²) in [5.41, 5.74) is 1.45. The van der Waals surface area contributed by atoms with Gasteiger partial charge < -0.3 is 51.8 Å². The largest absolute Gasteiger partial charge is 0.497 e. The molecule has 0 radical (unpaired) electrons. The van der Waals surface area contributed by atoms with E-state index in [1.54, 1.807) is 14.2 Å². The van der Waals surface area contributed by atoms with Gasteiger partial charge in [0.25, 0.3) is 8.32 Å². The fourth-order valence-electron chi connectivity index (χ4n) is 13.3. The second-order valence-electron chi connectivity index (χ2n) is 25.8. The van der Waals surface area contributed by atoms with E-state index in [0.717, 1.165) is 73.1 Å². The van der Waals surface area contributed by atoms with Crippen molar-refractivity contribution in [3.63, 3.8) is 0 Å². The molecular weight excluding hydrogens is 1050 g/mol. The first-order valence-electron chi connectivity index (χ1n) is 30.2. The van der Waals surface area contributed by atoms with Crippen LogP contribution in [0.2, 0.25) is 5.04 Å². The van der Waals surface area contributed by atoms with Gasteiger partial charge in [-0.25, -0.2) is 0 Å². The smallest absolute Gasteiger partial charge is 0.261 e. The van der Waals surface area contributed by atoms with Crippen molar-refractivity contribution in [2.45, 2.75) is 209 Å². The molecule has 0 amide bonds. The molecule has 13 heteroatoms. The van der Waals surface area contributed by atoms with Gasteiger partial charge >= 0.3 is 0 Å². The van der Waals surface area contributed by atoms with E-state index in [1.807, 2.05) is 66.7 Å². The molecule has 5 saturated heterocycles. The first-order valence-corrected chi connectivity index (χ1v) is 32.1. The molecule has 12 atom stereocenters. The van der Waals surface area contributed by atoms with Crippen molar-refractivity contribution in [3.8, 4) is 11.5 Å². The molecule has 5 aromatic carbocycles. The molecule has 5 fully saturated rings. The Labute approximate surface area is 489 Å². The second-order valence-corrected chi connectivity index (χ2v) is 30.2. The molecule has 10 rings (SSSR count). The van der Waals surface area contributed by atoms with Gasteiger partial charge in [-0.3, -0.25) is 4.79 Å². The van der Waals surface area contributed by atoms with Crippen LogP contribution < -0.4 is 19.8 Å². The van der Waals surface area contributed by atoms with Crippen LogP contribution in [0.15, 0.2) is 140 Å². The number of carbonyl (C=O) groups is 1. The summed E-state index contributed by atoms with van der Waals surface area (Å²) in [5.74, 6) is 1.12. The van der Waals surface area contributed by atoms with Crippen LogP contribution >= 0.6 is 0 Å². The Hall–Kier alpha value is -4.77. The number of benzene rings is 5. The van der Waals surface area contributed by atoms with Gasteiger partial charge in [0.15, 0.2) is 11.6 Å². The Morgan fingerprint density at radius 1 is 0.671 bits per heavy atom. The third-order valence-corrected chi connectivity index (χ3v) is 23.2. The van der Waals surface area contributed by atoms with Crippen LogP contribution in [0.4, 0.5) is 0 Å². The lowest BCUT2D eigenvalue weighted by atomic mass is 9.88. The summed E-state index contributed by atoms with van der Waals surface area (Å²) in [6, 6.07) is 47.9. The minimum atomic E-state index is -2.71. The molecule has 0 N–H and O–H groups in total. The van der Waals surface area contributed by atoms with Gasteiger partial charge in [-0.2, -0.15) is 0 Å². The lowest BCUT2D eigenvalue weighted by Crippen LogP contribution is -2.67. The highest BCUT2D eigenvalue weighted by molar-refractivity contribution is 6.99. The maximum atomic E-state index is 14.3. The first kappa shape index (κ1) is 60.4. The predicted molar refractivity (Wildman–Crippen MR) is 320 cm³/mol. The zero-order valence-corrected chi connectivity index (χ0v) is 51.1. The highest BCUT2D eigenvalue weighted by atomic mass is 28.4. The quantitative estimate of drug-likeness (QED) is 0.0350. The molecule has 1 spiro atoms. The van der Waals surface area contributed by atoms with Gasteiger partial charge in [-0.05, 0) is 122 Å². The fourth-order valence-corrected chi connectivity index (χ4v) is 17.9. The Morgan fingerprint density at radius 2 is 1.28 bits per heavy atom. The molecule has 5 aromatic rings. The molecule has 0 saturated carbocycles. The van der Waals surface area contributed by atoms with Crippen LogP contribution in [0, 0.1) is 5.92 Å². The van der Waals surface area contributed by atoms with Gasteiger partial charge in [0.2, 0.25) is 0 Å². The molecule has 0 aromatic heterocycles. The van der Waals surface area contributed by atoms with Gasteiger partial charge in [0.1, 0.15) is 29.3 Å². The normalized spacial score (nSPS) is 28.5. The lowest BCUT2D eigenvalue weighted by Gasteiger charge is -2.45. The van der Waals surface area contributed by atoms with Gasteiger partial charge in [-0.1, -0.05) is 143 Å². The van der Waals surface area contributed by atoms with Crippen molar-refractivity contribution >= 4 is 24.5 Å². The molecule has 2 unspecified atom stereocenters. The van der Waals surface area contributed by atoms with Crippen LogP contribution in [0.5, 0.6) is 11.5 Å². The molecule has 442 valence electrons. The van der Waals surface area contributed by atoms with Crippen LogP contribution in [-0.4, -0.2) is 107 Å². The van der Waals surface area contributed by atoms with E-state index in [2.05, 4.69) is 121 Å². The number of methoxy groups -OCH3 is 2. The highest BCUT2D eigenvalue weighted by Gasteiger charge is 2.63. The van der Waals surface area contributed by atoms with Gasteiger partial charge in [-0.15, -0.1) is 0 Å². The summed E-state index contributed by atoms with van der Waals surface area (Å²) >= 11 is 0. The average molecular weight is 1140 g/mol. The monoisotopic (exact) mass is 1140 g/mol. The molecule has 82 heavy (non-hydrogen) atoms. The zero-order valence-electron chi connectivity index (χ0n) is 50.1. The average Bonchev–Trinajstić information content (AvgIpc) is 2.92. The zero-order chi connectivity index (χ0) is 57.6. The third kappa shape index (κ3) is 14.5. The summed E-state index contributed by atoms with van der Waals surface area (Å²) in [5, 5.41) is 2.44. The van der Waals surface area contributed by atoms with Crippen molar-refractivity contribution in [2.75, 3.05) is 27.4 Å². The topological polar surface area (TPSA) is 125 Å². The van der Waals surface area contributed by atoms with E-state index in [9.17, 15) is 4.79 Å². The second kappa shape index (κ2) is 25.8. The fraction of sp³-hybridized carbons (Fsp3) is 0.551. The molecule has 5 aliphatic rings. The molecular formula is C69H90O12Si. The maximum absolute atomic E-state index is 14.3. The number of hydrogen-bond acceptors (Lipinski definition) is 12. The van der Waals surface area contributed by atoms with Crippen LogP contribution in [0.25, 0.3) is 0 Å². The summed E-state index contributed by atoms with van der Waals surface area (Å²) in [6.07, 6.45) is 6.66. The third-order valence-electron chi connectivity index (χ3n) is 18.2. The van der Waals surface area contributed by atoms with Crippen molar-refractivity contribution in [1.82, 2.24) is 0 Å². The molecule has 5 heterocycles. The summed E-state index contributed by atoms with van der Waals surface area (Å²) < 4.78 is 72.0. The summed E-state index contributed by atoms with van der Waals surface area (Å²) in [7, 11) is 0.631. The minimum Gasteiger partial charge on any atom is -0.497 e. The molecule has 12 nitrogen and oxygen atoms in total. The number of Topliss-reactive ketones (excluding diaryl/α,β-unsaturated/α-hetero) is 1. The Morgan fingerprint density at radius 3 is 1.90 bits per heavy atom. The highest BCUT2D eigenvalue weighted by Crippen LogP contribution is 2.52. The van der Waals surface area contributed by atoms with Gasteiger partial charge in [0.05, 0.1) is 82.4 Å². The molecule has 0 bridgehead atoms. The van der Waals surface area contributed by atoms with Gasteiger partial charge in [0, 0.05) is 38.2 Å². The van der Waals surface area contributed by atoms with Crippen molar-refractivity contribution in [1.29, 1.82) is 0 Å². The Balaban J connectivity index is 0.757. The van der Waals surface area contributed by atoms with Crippen molar-refractivity contribution in [2.24, 2.45) is 5.92 Å². The standard InChI is InChI=1S/C69H90O12Si/c1-49(44-76-82(65(2,3)4,55-22-15-11-16-23-55)56-24-17-12-18-25-56)58-26-19-38-69(79-58)41-37-61(80-69)64-68(7,81-64)42-57(70)63-62(77-63)43-66(5,75-47-52-29-33-54(72-9)34-30-52)39-35-59(74-46-51-27-31-53(71-8)32-28-51)60-36-40-67(6,78-60)48-73-45-50-20-13-10-14-21-50/h10-18,20-25,27-34,49,58-64H,19,26,35-48H2,1-9H3/t49-,58-,59+,60+,61-,62?,63?,64-,66-,67+,68-,69-/m0/s1. The minimum absolute atomic E-state index is 0.00583. The van der Waals surface area contributed by atoms with E-state index < -0.39 is 37.0 Å². The molecule has 0 aliphatic carbocycles. The lowest BCUT2D eigenvalue weighted by molar-refractivity contribution is -0.280. The van der Waals surface area contributed by atoms with Crippen molar-refractivity contribution < 1.29 is 56.6 Å². The van der Waals surface area contributed by atoms with E-state index in [0.29, 0.717) is 52.3 Å². The van der Waals surface area contributed by atoms with Crippen LogP contribution in [0.1, 0.15) is 136 Å². The van der Waals surface area contributed by atoms with E-state index in [1.165, 1.54) is 10.4 Å². The number of rotatable bonds is 28. The van der Waals surface area contributed by atoms with Crippen LogP contribution in [-0.2, 0) is 66.9 Å². The number of carbonyl (C=O) groups excluding carboxylic acids is 1. The SMILES string of the molecule is COc1ccc(CO[C@H](CC[C@@](C)(CC2OC2C(=O)C[C@]2(C)O[C@H]2[C@@H]2CC[C@]3(CCC[C@@H]([C@@H](C)CO[Si](c4ccccc4)(c4ccccc4)C(C)(C)C)O3)O2)OCc2ccc(OC)cc2)[C@H]2CC[C@](C)(COCc3ccccc3)O2)cc1. The predicted octanol–water partition coefficient (Wildman–Crippen LogP) is 12.4. The first-order chi connectivity index (χ1) is 39.4. The van der Waals surface area contributed by atoms with E-state index in [4.69, 9.17) is 51.8 Å². The Bertz CT molecular complexity index is 2780. The summed E-state index contributed by atoms with van der Waals surface area (Å²) in [6.45, 7) is 18.0.